The molecule has 53 heavy (non-hydrogen) atoms. The molecule has 0 radical (unpaired) electrons. The van der Waals surface area contributed by atoms with E-state index in [-0.39, 0.29) is 43.5 Å². The molecule has 3 rings (SSSR count). The third-order valence-corrected chi connectivity index (χ3v) is 9.69. The number of nitrogens with zero attached hydrogens (tertiary/aromatic N) is 4. The molecule has 1 amide bonds. The summed E-state index contributed by atoms with van der Waals surface area (Å²) in [4.78, 5) is 19.9. The van der Waals surface area contributed by atoms with Crippen LogP contribution in [0.5, 0.6) is 0 Å². The summed E-state index contributed by atoms with van der Waals surface area (Å²) < 4.78 is 23.4. The summed E-state index contributed by atoms with van der Waals surface area (Å²) >= 11 is 0. The fourth-order valence-electron chi connectivity index (χ4n) is 6.59. The second-order valence-corrected chi connectivity index (χ2v) is 15.3. The molecular formula is C42H72N4O7. The number of amides is 1. The molecule has 1 aromatic carbocycles. The van der Waals surface area contributed by atoms with Gasteiger partial charge in [-0.25, -0.2) is 9.89 Å². The van der Waals surface area contributed by atoms with Gasteiger partial charge >= 0.3 is 0 Å². The summed E-state index contributed by atoms with van der Waals surface area (Å²) in [7, 11) is 0. The molecule has 0 aliphatic carbocycles. The second kappa shape index (κ2) is 25.6. The highest BCUT2D eigenvalue weighted by molar-refractivity contribution is 6.25. The van der Waals surface area contributed by atoms with Crippen LogP contribution < -0.4 is 0 Å². The van der Waals surface area contributed by atoms with E-state index in [0.717, 1.165) is 18.4 Å². The number of aliphatic hydroxyl groups is 2. The van der Waals surface area contributed by atoms with Crippen LogP contribution >= 0.6 is 0 Å². The molecule has 11 heteroatoms. The number of hydrazone groups is 1. The summed E-state index contributed by atoms with van der Waals surface area (Å²) in [6.45, 7) is 13.8. The molecule has 0 spiro atoms. The first-order chi connectivity index (χ1) is 25.6. The maximum atomic E-state index is 13.6. The van der Waals surface area contributed by atoms with E-state index in [2.05, 4.69) is 6.92 Å². The predicted octanol–water partition coefficient (Wildman–Crippen LogP) is 7.77. The number of unbranched alkanes of at least 4 members (excludes halogenated alkanes) is 13. The highest BCUT2D eigenvalue weighted by atomic mass is 16.6. The lowest BCUT2D eigenvalue weighted by atomic mass is 10.0. The largest absolute Gasteiger partial charge is 0.391 e. The maximum Gasteiger partial charge on any atom is 0.255 e. The number of para-hydroxylation sites is 1. The van der Waals surface area contributed by atoms with Crippen molar-refractivity contribution in [1.82, 2.24) is 9.91 Å². The number of ether oxygens (including phenoxy) is 4. The number of hydrogen-bond acceptors (Lipinski definition) is 10. The first-order valence-corrected chi connectivity index (χ1v) is 20.8. The predicted molar refractivity (Wildman–Crippen MR) is 213 cm³/mol. The minimum Gasteiger partial charge on any atom is -0.391 e. The number of fused-ring (bicyclic) bond motifs is 3. The van der Waals surface area contributed by atoms with Gasteiger partial charge in [-0.05, 0) is 53.2 Å². The molecule has 2 aliphatic rings. The first kappa shape index (κ1) is 45.0. The number of aliphatic hydroxyl groups excluding tert-OH is 2. The molecule has 11 nitrogen and oxygen atoms in total. The Labute approximate surface area is 320 Å². The minimum atomic E-state index is -0.843. The molecule has 6 unspecified atom stereocenters. The smallest absolute Gasteiger partial charge is 0.255 e. The van der Waals surface area contributed by atoms with E-state index in [1.807, 2.05) is 52.0 Å². The van der Waals surface area contributed by atoms with E-state index in [1.54, 1.807) is 11.9 Å². The number of amidine groups is 2. The summed E-state index contributed by atoms with van der Waals surface area (Å²) in [6, 6.07) is 7.66. The van der Waals surface area contributed by atoms with Crippen molar-refractivity contribution in [3.8, 4) is 0 Å². The number of carbonyl (C=O) groups is 1. The third-order valence-electron chi connectivity index (χ3n) is 9.69. The molecule has 2 aliphatic heterocycles. The van der Waals surface area contributed by atoms with Gasteiger partial charge in [-0.2, -0.15) is 5.10 Å². The lowest BCUT2D eigenvalue weighted by molar-refractivity contribution is -0.128. The molecule has 0 aromatic heterocycles. The SMILES string of the molecule is CCCCCCCCCCCCCCCCC(O)C1=Nc2ccccc2C2=NN(CC(C)OCC(C)OCC(C)OCC(C)OCC(C)O)CC(=O)N21. The Morgan fingerprint density at radius 2 is 1.17 bits per heavy atom. The van der Waals surface area contributed by atoms with Crippen molar-refractivity contribution >= 4 is 23.3 Å². The molecule has 2 heterocycles. The van der Waals surface area contributed by atoms with E-state index in [9.17, 15) is 15.0 Å². The maximum absolute atomic E-state index is 13.6. The van der Waals surface area contributed by atoms with E-state index < -0.39 is 12.2 Å². The third kappa shape index (κ3) is 17.3. The van der Waals surface area contributed by atoms with Crippen LogP contribution in [-0.2, 0) is 23.7 Å². The van der Waals surface area contributed by atoms with Gasteiger partial charge in [-0.3, -0.25) is 9.80 Å². The number of carbonyl (C=O) groups excluding carboxylic acids is 1. The molecule has 1 aromatic rings. The Balaban J connectivity index is 1.40. The van der Waals surface area contributed by atoms with E-state index in [1.165, 1.54) is 81.9 Å². The van der Waals surface area contributed by atoms with Crippen LogP contribution in [0, 0.1) is 0 Å². The van der Waals surface area contributed by atoms with Crippen molar-refractivity contribution in [3.63, 3.8) is 0 Å². The standard InChI is InChI=1S/C42H72N4O7/c1-7-8-9-10-11-12-13-14-15-16-17-18-19-20-25-39(48)42-43-38-24-22-21-23-37(38)41-44-45(27-40(49)46(41)42)26-33(3)51-29-35(5)53-31-36(6)52-30-34(4)50-28-32(2)47/h21-24,32-36,39,47-48H,7-20,25-31H2,1-6H3. The topological polar surface area (TPSA) is 126 Å². The quantitative estimate of drug-likeness (QED) is 0.0766. The average Bonchev–Trinajstić information content (AvgIpc) is 3.14. The normalized spacial score (nSPS) is 17.8. The van der Waals surface area contributed by atoms with Crippen LogP contribution in [0.2, 0.25) is 0 Å². The molecule has 0 bridgehead atoms. The van der Waals surface area contributed by atoms with Crippen LogP contribution in [0.25, 0.3) is 0 Å². The Hall–Kier alpha value is -2.41. The molecule has 2 N–H and O–H groups in total. The number of hydrogen-bond donors (Lipinski definition) is 2. The van der Waals surface area contributed by atoms with Gasteiger partial charge < -0.3 is 29.2 Å². The summed E-state index contributed by atoms with van der Waals surface area (Å²) in [5, 5.41) is 27.3. The number of benzene rings is 1. The zero-order valence-corrected chi connectivity index (χ0v) is 33.8. The highest BCUT2D eigenvalue weighted by Crippen LogP contribution is 2.30. The first-order valence-electron chi connectivity index (χ1n) is 20.8. The summed E-state index contributed by atoms with van der Waals surface area (Å²) in [6.07, 6.45) is 16.6. The fourth-order valence-corrected chi connectivity index (χ4v) is 6.59. The Morgan fingerprint density at radius 3 is 1.72 bits per heavy atom. The Kier molecular flexibility index (Phi) is 21.8. The zero-order chi connectivity index (χ0) is 38.4. The van der Waals surface area contributed by atoms with E-state index >= 15 is 0 Å². The van der Waals surface area contributed by atoms with Gasteiger partial charge in [0.2, 0.25) is 0 Å². The second-order valence-electron chi connectivity index (χ2n) is 15.3. The van der Waals surface area contributed by atoms with Crippen LogP contribution in [0.3, 0.4) is 0 Å². The van der Waals surface area contributed by atoms with Gasteiger partial charge in [0.05, 0.1) is 69.2 Å². The molecular weight excluding hydrogens is 672 g/mol. The Morgan fingerprint density at radius 1 is 0.679 bits per heavy atom. The Bertz CT molecular complexity index is 1230. The van der Waals surface area contributed by atoms with Gasteiger partial charge in [0.15, 0.2) is 5.84 Å². The van der Waals surface area contributed by atoms with Crippen molar-refractivity contribution in [2.45, 2.75) is 174 Å². The molecule has 0 saturated carbocycles. The van der Waals surface area contributed by atoms with E-state index in [0.29, 0.717) is 50.1 Å². The minimum absolute atomic E-state index is 0.0736. The average molecular weight is 745 g/mol. The fraction of sp³-hybridized carbons (Fsp3) is 0.786. The molecule has 0 fully saturated rings. The van der Waals surface area contributed by atoms with Gasteiger partial charge in [-0.15, -0.1) is 0 Å². The van der Waals surface area contributed by atoms with Crippen LogP contribution in [0.4, 0.5) is 5.69 Å². The van der Waals surface area contributed by atoms with Crippen molar-refractivity contribution in [2.75, 3.05) is 39.5 Å². The van der Waals surface area contributed by atoms with Crippen molar-refractivity contribution in [3.05, 3.63) is 29.8 Å². The van der Waals surface area contributed by atoms with Crippen LogP contribution in [-0.4, -0.2) is 114 Å². The highest BCUT2D eigenvalue weighted by Gasteiger charge is 2.38. The molecule has 6 atom stereocenters. The van der Waals surface area contributed by atoms with Crippen LogP contribution in [0.15, 0.2) is 34.4 Å². The van der Waals surface area contributed by atoms with Crippen molar-refractivity contribution < 1.29 is 34.0 Å². The molecule has 302 valence electrons. The monoisotopic (exact) mass is 745 g/mol. The summed E-state index contributed by atoms with van der Waals surface area (Å²) in [5.41, 5.74) is 1.48. The van der Waals surface area contributed by atoms with Crippen molar-refractivity contribution in [1.29, 1.82) is 0 Å². The van der Waals surface area contributed by atoms with Crippen molar-refractivity contribution in [2.24, 2.45) is 10.1 Å². The number of aliphatic imine (C=N–C) groups is 1. The van der Waals surface area contributed by atoms with Crippen LogP contribution in [0.1, 0.15) is 143 Å². The van der Waals surface area contributed by atoms with Gasteiger partial charge in [0, 0.05) is 5.56 Å². The van der Waals surface area contributed by atoms with Gasteiger partial charge in [0.1, 0.15) is 18.5 Å². The number of rotatable bonds is 30. The molecule has 0 saturated heterocycles. The van der Waals surface area contributed by atoms with E-state index in [4.69, 9.17) is 29.0 Å². The lowest BCUT2D eigenvalue weighted by Gasteiger charge is -2.38. The van der Waals surface area contributed by atoms with Gasteiger partial charge in [-0.1, -0.05) is 109 Å². The zero-order valence-electron chi connectivity index (χ0n) is 33.8. The summed E-state index contributed by atoms with van der Waals surface area (Å²) in [5.74, 6) is 0.717. The lowest BCUT2D eigenvalue weighted by Crippen LogP contribution is -2.56. The van der Waals surface area contributed by atoms with Gasteiger partial charge in [0.25, 0.3) is 5.91 Å².